The lowest BCUT2D eigenvalue weighted by Crippen LogP contribution is -1.88. The molecule has 1 aromatic heterocycles. The van der Waals surface area contributed by atoms with Crippen LogP contribution in [0.15, 0.2) is 18.5 Å². The van der Waals surface area contributed by atoms with Crippen LogP contribution in [0.2, 0.25) is 0 Å². The minimum Gasteiger partial charge on any atom is -0.309 e. The van der Waals surface area contributed by atoms with Gasteiger partial charge in [0.1, 0.15) is 0 Å². The van der Waals surface area contributed by atoms with Crippen molar-refractivity contribution in [3.05, 3.63) is 41.0 Å². The summed E-state index contributed by atoms with van der Waals surface area (Å²) in [6.07, 6.45) is 3.54. The van der Waals surface area contributed by atoms with Gasteiger partial charge in [-0.05, 0) is 18.6 Å². The maximum atomic E-state index is 6.81. The molecule has 0 spiro atoms. The Balaban J connectivity index is 2.98. The summed E-state index contributed by atoms with van der Waals surface area (Å²) in [4.78, 5) is 7.42. The van der Waals surface area contributed by atoms with Crippen molar-refractivity contribution in [1.82, 2.24) is 4.98 Å². The molecule has 0 amide bonds. The SMILES string of the molecule is [C-]#[N+]C(C)c1cncc(C)c1. The summed E-state index contributed by atoms with van der Waals surface area (Å²) < 4.78 is 0. The number of hydrogen-bond donors (Lipinski definition) is 0. The van der Waals surface area contributed by atoms with Gasteiger partial charge in [0, 0.05) is 19.3 Å². The molecule has 0 aliphatic rings. The van der Waals surface area contributed by atoms with Crippen molar-refractivity contribution in [2.45, 2.75) is 19.9 Å². The van der Waals surface area contributed by atoms with E-state index in [9.17, 15) is 0 Å². The molecule has 1 unspecified atom stereocenters. The van der Waals surface area contributed by atoms with E-state index in [2.05, 4.69) is 9.83 Å². The molecule has 1 aromatic rings. The average Bonchev–Trinajstić information content (AvgIpc) is 2.03. The van der Waals surface area contributed by atoms with Crippen molar-refractivity contribution in [1.29, 1.82) is 0 Å². The highest BCUT2D eigenvalue weighted by Gasteiger charge is 2.07. The second kappa shape index (κ2) is 3.16. The zero-order valence-corrected chi connectivity index (χ0v) is 6.70. The molecule has 0 aromatic carbocycles. The van der Waals surface area contributed by atoms with Gasteiger partial charge in [-0.25, -0.2) is 6.57 Å². The molecule has 0 bridgehead atoms. The molecule has 56 valence electrons. The molecule has 1 rings (SSSR count). The second-order valence-electron chi connectivity index (χ2n) is 2.60. The molecule has 1 atom stereocenters. The first-order valence-electron chi connectivity index (χ1n) is 3.52. The van der Waals surface area contributed by atoms with Gasteiger partial charge in [0.25, 0.3) is 0 Å². The molecule has 0 saturated carbocycles. The molecular formula is C9H10N2. The number of aromatic nitrogens is 1. The second-order valence-corrected chi connectivity index (χ2v) is 2.60. The third-order valence-electron chi connectivity index (χ3n) is 1.57. The summed E-state index contributed by atoms with van der Waals surface area (Å²) in [7, 11) is 0. The van der Waals surface area contributed by atoms with Crippen LogP contribution >= 0.6 is 0 Å². The van der Waals surface area contributed by atoms with Gasteiger partial charge in [-0.1, -0.05) is 0 Å². The predicted molar refractivity (Wildman–Crippen MR) is 44.0 cm³/mol. The standard InChI is InChI=1S/C9H10N2/c1-7-4-9(6-11-5-7)8(2)10-3/h4-6,8H,1-2H3. The van der Waals surface area contributed by atoms with Crippen LogP contribution in [-0.2, 0) is 0 Å². The number of hydrogen-bond acceptors (Lipinski definition) is 1. The maximum absolute atomic E-state index is 6.81. The fraction of sp³-hybridized carbons (Fsp3) is 0.333. The van der Waals surface area contributed by atoms with E-state index in [1.54, 1.807) is 12.4 Å². The van der Waals surface area contributed by atoms with E-state index < -0.39 is 0 Å². The normalized spacial score (nSPS) is 12.1. The minimum absolute atomic E-state index is 0.0672. The molecule has 11 heavy (non-hydrogen) atoms. The zero-order valence-electron chi connectivity index (χ0n) is 6.70. The van der Waals surface area contributed by atoms with Crippen LogP contribution in [0.3, 0.4) is 0 Å². The van der Waals surface area contributed by atoms with Crippen molar-refractivity contribution < 1.29 is 0 Å². The van der Waals surface area contributed by atoms with Gasteiger partial charge in [-0.3, -0.25) is 4.98 Å². The lowest BCUT2D eigenvalue weighted by molar-refractivity contribution is 0.943. The zero-order chi connectivity index (χ0) is 8.27. The first-order valence-corrected chi connectivity index (χ1v) is 3.52. The number of rotatable bonds is 1. The lowest BCUT2D eigenvalue weighted by Gasteiger charge is -1.98. The van der Waals surface area contributed by atoms with Crippen LogP contribution in [0, 0.1) is 13.5 Å². The van der Waals surface area contributed by atoms with Gasteiger partial charge in [0.15, 0.2) is 0 Å². The Morgan fingerprint density at radius 1 is 1.55 bits per heavy atom. The van der Waals surface area contributed by atoms with Gasteiger partial charge in [-0.15, -0.1) is 0 Å². The summed E-state index contributed by atoms with van der Waals surface area (Å²) in [6, 6.07) is 1.93. The van der Waals surface area contributed by atoms with E-state index in [0.717, 1.165) is 11.1 Å². The molecule has 0 aliphatic carbocycles. The molecule has 0 radical (unpaired) electrons. The molecule has 0 saturated heterocycles. The monoisotopic (exact) mass is 146 g/mol. The van der Waals surface area contributed by atoms with E-state index in [4.69, 9.17) is 6.57 Å². The molecule has 0 aliphatic heterocycles. The highest BCUT2D eigenvalue weighted by molar-refractivity contribution is 5.21. The Hall–Kier alpha value is -1.36. The first-order chi connectivity index (χ1) is 5.24. The minimum atomic E-state index is -0.0672. The van der Waals surface area contributed by atoms with Gasteiger partial charge in [0.2, 0.25) is 6.04 Å². The summed E-state index contributed by atoms with van der Waals surface area (Å²) in [5, 5.41) is 0. The lowest BCUT2D eigenvalue weighted by atomic mass is 10.1. The van der Waals surface area contributed by atoms with E-state index in [1.807, 2.05) is 19.9 Å². The molecular weight excluding hydrogens is 136 g/mol. The fourth-order valence-corrected chi connectivity index (χ4v) is 0.881. The van der Waals surface area contributed by atoms with E-state index in [-0.39, 0.29) is 6.04 Å². The Bertz CT molecular complexity index is 286. The van der Waals surface area contributed by atoms with Crippen LogP contribution in [0.4, 0.5) is 0 Å². The van der Waals surface area contributed by atoms with Gasteiger partial charge < -0.3 is 4.85 Å². The first kappa shape index (κ1) is 7.74. The summed E-state index contributed by atoms with van der Waals surface area (Å²) >= 11 is 0. The number of aryl methyl sites for hydroxylation is 1. The van der Waals surface area contributed by atoms with Crippen LogP contribution in [-0.4, -0.2) is 4.98 Å². The van der Waals surface area contributed by atoms with Crippen molar-refractivity contribution in [3.63, 3.8) is 0 Å². The smallest absolute Gasteiger partial charge is 0.247 e. The summed E-state index contributed by atoms with van der Waals surface area (Å²) in [6.45, 7) is 10.7. The highest BCUT2D eigenvalue weighted by atomic mass is 14.7. The Labute approximate surface area is 66.7 Å². The van der Waals surface area contributed by atoms with Gasteiger partial charge in [0.05, 0.1) is 5.56 Å². The molecule has 0 N–H and O–H groups in total. The average molecular weight is 146 g/mol. The van der Waals surface area contributed by atoms with E-state index in [0.29, 0.717) is 0 Å². The topological polar surface area (TPSA) is 17.2 Å². The Morgan fingerprint density at radius 2 is 2.27 bits per heavy atom. The highest BCUT2D eigenvalue weighted by Crippen LogP contribution is 2.15. The van der Waals surface area contributed by atoms with Crippen molar-refractivity contribution in [2.24, 2.45) is 0 Å². The van der Waals surface area contributed by atoms with Crippen LogP contribution < -0.4 is 0 Å². The third kappa shape index (κ3) is 1.78. The predicted octanol–water partition coefficient (Wildman–Crippen LogP) is 2.37. The van der Waals surface area contributed by atoms with Crippen LogP contribution in [0.5, 0.6) is 0 Å². The van der Waals surface area contributed by atoms with E-state index >= 15 is 0 Å². The van der Waals surface area contributed by atoms with Crippen molar-refractivity contribution in [2.75, 3.05) is 0 Å². The molecule has 2 heteroatoms. The van der Waals surface area contributed by atoms with Crippen LogP contribution in [0.25, 0.3) is 4.85 Å². The van der Waals surface area contributed by atoms with Crippen molar-refractivity contribution >= 4 is 0 Å². The summed E-state index contributed by atoms with van der Waals surface area (Å²) in [5.74, 6) is 0. The molecule has 0 fully saturated rings. The molecule has 2 nitrogen and oxygen atoms in total. The molecule has 1 heterocycles. The Morgan fingerprint density at radius 3 is 2.82 bits per heavy atom. The Kier molecular flexibility index (Phi) is 2.22. The largest absolute Gasteiger partial charge is 0.309 e. The van der Waals surface area contributed by atoms with Crippen molar-refractivity contribution in [3.8, 4) is 0 Å². The third-order valence-corrected chi connectivity index (χ3v) is 1.57. The quantitative estimate of drug-likeness (QED) is 0.556. The summed E-state index contributed by atoms with van der Waals surface area (Å²) in [5.41, 5.74) is 2.11. The maximum Gasteiger partial charge on any atom is 0.247 e. The van der Waals surface area contributed by atoms with E-state index in [1.165, 1.54) is 0 Å². The number of nitrogens with zero attached hydrogens (tertiary/aromatic N) is 2. The van der Waals surface area contributed by atoms with Gasteiger partial charge in [-0.2, -0.15) is 0 Å². The van der Waals surface area contributed by atoms with Crippen LogP contribution in [0.1, 0.15) is 24.1 Å². The fourth-order valence-electron chi connectivity index (χ4n) is 0.881. The van der Waals surface area contributed by atoms with Gasteiger partial charge >= 0.3 is 0 Å². The number of pyridine rings is 1.